The van der Waals surface area contributed by atoms with E-state index in [1.165, 1.54) is 18.2 Å². The quantitative estimate of drug-likeness (QED) is 0.553. The number of carbonyl (C=O) groups excluding carboxylic acids is 1. The lowest BCUT2D eigenvalue weighted by Gasteiger charge is -2.34. The summed E-state index contributed by atoms with van der Waals surface area (Å²) in [6.07, 6.45) is -3.46. The van der Waals surface area contributed by atoms with E-state index >= 15 is 0 Å². The van der Waals surface area contributed by atoms with Gasteiger partial charge in [0.1, 0.15) is 0 Å². The van der Waals surface area contributed by atoms with Gasteiger partial charge >= 0.3 is 6.18 Å². The van der Waals surface area contributed by atoms with Crippen molar-refractivity contribution in [1.82, 2.24) is 15.2 Å². The molecule has 30 heavy (non-hydrogen) atoms. The average molecular weight is 439 g/mol. The lowest BCUT2D eigenvalue weighted by molar-refractivity contribution is -0.137. The summed E-state index contributed by atoms with van der Waals surface area (Å²) in [6, 6.07) is 12.8. The first-order chi connectivity index (χ1) is 14.3. The highest BCUT2D eigenvalue weighted by molar-refractivity contribution is 6.31. The highest BCUT2D eigenvalue weighted by atomic mass is 35.5. The number of benzene rings is 2. The third kappa shape index (κ3) is 6.29. The predicted molar refractivity (Wildman–Crippen MR) is 110 cm³/mol. The Morgan fingerprint density at radius 1 is 1.03 bits per heavy atom. The molecule has 0 radical (unpaired) electrons. The van der Waals surface area contributed by atoms with Crippen molar-refractivity contribution in [2.24, 2.45) is 5.10 Å². The van der Waals surface area contributed by atoms with Crippen molar-refractivity contribution >= 4 is 23.7 Å². The van der Waals surface area contributed by atoms with Gasteiger partial charge in [-0.25, -0.2) is 5.43 Å². The molecule has 0 spiro atoms. The van der Waals surface area contributed by atoms with Crippen LogP contribution in [0.2, 0.25) is 5.02 Å². The molecule has 0 aromatic heterocycles. The van der Waals surface area contributed by atoms with Gasteiger partial charge in [-0.05, 0) is 17.7 Å². The number of hydrogen-bond acceptors (Lipinski definition) is 4. The van der Waals surface area contributed by atoms with Crippen molar-refractivity contribution in [3.63, 3.8) is 0 Å². The molecule has 0 unspecified atom stereocenters. The minimum absolute atomic E-state index is 0.0986. The molecule has 2 aromatic carbocycles. The van der Waals surface area contributed by atoms with Crippen LogP contribution in [0.3, 0.4) is 0 Å². The second-order valence-corrected chi connectivity index (χ2v) is 7.43. The van der Waals surface area contributed by atoms with Gasteiger partial charge in [0.15, 0.2) is 0 Å². The summed E-state index contributed by atoms with van der Waals surface area (Å²) in [5, 5.41) is 4.43. The van der Waals surface area contributed by atoms with Crippen LogP contribution in [0.1, 0.15) is 16.7 Å². The van der Waals surface area contributed by atoms with Crippen LogP contribution in [0.4, 0.5) is 13.2 Å². The molecular formula is C21H22ClF3N4O. The van der Waals surface area contributed by atoms with Crippen LogP contribution < -0.4 is 5.43 Å². The Hall–Kier alpha value is -2.42. The number of piperazine rings is 1. The first-order valence-corrected chi connectivity index (χ1v) is 9.87. The Morgan fingerprint density at radius 2 is 1.67 bits per heavy atom. The first-order valence-electron chi connectivity index (χ1n) is 9.49. The molecule has 1 aliphatic rings. The molecule has 0 aliphatic carbocycles. The number of alkyl halides is 3. The fraction of sp³-hybridized carbons (Fsp3) is 0.333. The Morgan fingerprint density at radius 3 is 2.37 bits per heavy atom. The standard InChI is InChI=1S/C21H22ClF3N4O/c22-19-8-4-2-6-17(19)14-28-9-11-29(12-10-28)15-20(30)27-26-13-16-5-1-3-7-18(16)21(23,24)25/h1-8,13H,9-12,14-15H2,(H,27,30)/b26-13+. The third-order valence-electron chi connectivity index (χ3n) is 4.84. The molecule has 9 heteroatoms. The zero-order valence-electron chi connectivity index (χ0n) is 16.2. The van der Waals surface area contributed by atoms with Gasteiger partial charge in [0, 0.05) is 43.3 Å². The van der Waals surface area contributed by atoms with E-state index in [1.54, 1.807) is 0 Å². The third-order valence-corrected chi connectivity index (χ3v) is 5.21. The molecule has 1 amide bonds. The van der Waals surface area contributed by atoms with Crippen LogP contribution in [0.5, 0.6) is 0 Å². The summed E-state index contributed by atoms with van der Waals surface area (Å²) in [5.74, 6) is -0.365. The summed E-state index contributed by atoms with van der Waals surface area (Å²) >= 11 is 6.20. The monoisotopic (exact) mass is 438 g/mol. The van der Waals surface area contributed by atoms with E-state index in [0.717, 1.165) is 42.5 Å². The van der Waals surface area contributed by atoms with Gasteiger partial charge in [0.2, 0.25) is 0 Å². The minimum atomic E-state index is -4.48. The second kappa shape index (κ2) is 10.1. The molecule has 2 aromatic rings. The number of carbonyl (C=O) groups is 1. The van der Waals surface area contributed by atoms with Crippen molar-refractivity contribution < 1.29 is 18.0 Å². The van der Waals surface area contributed by atoms with Gasteiger partial charge in [-0.1, -0.05) is 48.0 Å². The highest BCUT2D eigenvalue weighted by Gasteiger charge is 2.32. The van der Waals surface area contributed by atoms with E-state index in [9.17, 15) is 18.0 Å². The van der Waals surface area contributed by atoms with Crippen molar-refractivity contribution in [3.8, 4) is 0 Å². The number of hydrogen-bond donors (Lipinski definition) is 1. The Kier molecular flexibility index (Phi) is 7.47. The van der Waals surface area contributed by atoms with E-state index in [1.807, 2.05) is 29.2 Å². The lowest BCUT2D eigenvalue weighted by Crippen LogP contribution is -2.48. The van der Waals surface area contributed by atoms with Gasteiger partial charge in [-0.2, -0.15) is 18.3 Å². The molecule has 1 N–H and O–H groups in total. The zero-order chi connectivity index (χ0) is 21.6. The summed E-state index contributed by atoms with van der Waals surface area (Å²) in [7, 11) is 0. The average Bonchev–Trinajstić information content (AvgIpc) is 2.71. The zero-order valence-corrected chi connectivity index (χ0v) is 17.0. The van der Waals surface area contributed by atoms with Crippen LogP contribution in [-0.4, -0.2) is 54.6 Å². The van der Waals surface area contributed by atoms with E-state index in [4.69, 9.17) is 11.6 Å². The second-order valence-electron chi connectivity index (χ2n) is 7.02. The van der Waals surface area contributed by atoms with E-state index < -0.39 is 11.7 Å². The van der Waals surface area contributed by atoms with Gasteiger partial charge in [-0.3, -0.25) is 14.6 Å². The number of amides is 1. The fourth-order valence-corrected chi connectivity index (χ4v) is 3.45. The number of nitrogens with zero attached hydrogens (tertiary/aromatic N) is 3. The largest absolute Gasteiger partial charge is 0.417 e. The van der Waals surface area contributed by atoms with Gasteiger partial charge < -0.3 is 0 Å². The number of halogens is 4. The van der Waals surface area contributed by atoms with Crippen molar-refractivity contribution in [2.75, 3.05) is 32.7 Å². The molecule has 3 rings (SSSR count). The van der Waals surface area contributed by atoms with Crippen molar-refractivity contribution in [1.29, 1.82) is 0 Å². The maximum Gasteiger partial charge on any atom is 0.417 e. The fourth-order valence-electron chi connectivity index (χ4n) is 3.25. The van der Waals surface area contributed by atoms with Crippen LogP contribution in [0.25, 0.3) is 0 Å². The molecule has 1 fully saturated rings. The smallest absolute Gasteiger partial charge is 0.296 e. The van der Waals surface area contributed by atoms with E-state index in [2.05, 4.69) is 15.4 Å². The van der Waals surface area contributed by atoms with Crippen molar-refractivity contribution in [2.45, 2.75) is 12.7 Å². The minimum Gasteiger partial charge on any atom is -0.296 e. The van der Waals surface area contributed by atoms with Gasteiger partial charge in [0.05, 0.1) is 18.3 Å². The SMILES string of the molecule is O=C(CN1CCN(Cc2ccccc2Cl)CC1)N/N=C/c1ccccc1C(F)(F)F. The molecule has 160 valence electrons. The van der Waals surface area contributed by atoms with Crippen LogP contribution in [-0.2, 0) is 17.5 Å². The maximum atomic E-state index is 13.0. The van der Waals surface area contributed by atoms with E-state index in [-0.39, 0.29) is 18.0 Å². The highest BCUT2D eigenvalue weighted by Crippen LogP contribution is 2.31. The molecule has 5 nitrogen and oxygen atoms in total. The summed E-state index contributed by atoms with van der Waals surface area (Å²) in [6.45, 7) is 3.89. The summed E-state index contributed by atoms with van der Waals surface area (Å²) < 4.78 is 38.9. The normalized spacial score (nSPS) is 16.1. The number of rotatable bonds is 6. The molecule has 0 atom stereocenters. The van der Waals surface area contributed by atoms with Gasteiger partial charge in [-0.15, -0.1) is 0 Å². The molecular weight excluding hydrogens is 417 g/mol. The molecule has 1 heterocycles. The molecule has 1 aliphatic heterocycles. The Balaban J connectivity index is 1.45. The van der Waals surface area contributed by atoms with Crippen LogP contribution >= 0.6 is 11.6 Å². The topological polar surface area (TPSA) is 47.9 Å². The Labute approximate surface area is 178 Å². The number of nitrogens with one attached hydrogen (secondary N) is 1. The predicted octanol–water partition coefficient (Wildman–Crippen LogP) is 3.63. The van der Waals surface area contributed by atoms with Crippen molar-refractivity contribution in [3.05, 3.63) is 70.2 Å². The lowest BCUT2D eigenvalue weighted by atomic mass is 10.1. The molecule has 1 saturated heterocycles. The Bertz CT molecular complexity index is 896. The maximum absolute atomic E-state index is 13.0. The van der Waals surface area contributed by atoms with E-state index in [0.29, 0.717) is 13.1 Å². The van der Waals surface area contributed by atoms with Crippen LogP contribution in [0, 0.1) is 0 Å². The summed E-state index contributed by atoms with van der Waals surface area (Å²) in [5.41, 5.74) is 2.48. The summed E-state index contributed by atoms with van der Waals surface area (Å²) in [4.78, 5) is 16.3. The number of hydrazone groups is 1. The molecule has 0 saturated carbocycles. The molecule has 0 bridgehead atoms. The first kappa shape index (κ1) is 22.3. The van der Waals surface area contributed by atoms with Gasteiger partial charge in [0.25, 0.3) is 5.91 Å². The van der Waals surface area contributed by atoms with Crippen LogP contribution in [0.15, 0.2) is 53.6 Å².